The summed E-state index contributed by atoms with van der Waals surface area (Å²) >= 11 is 0. The number of imidazole rings is 1. The number of nitrogens with zero attached hydrogens (tertiary/aromatic N) is 2. The monoisotopic (exact) mass is 266 g/mol. The number of nitrogens with two attached hydrogens (primary N) is 1. The summed E-state index contributed by atoms with van der Waals surface area (Å²) in [6.07, 6.45) is 0. The zero-order chi connectivity index (χ0) is 14.3. The van der Waals surface area contributed by atoms with E-state index >= 15 is 0 Å². The second kappa shape index (κ2) is 4.56. The van der Waals surface area contributed by atoms with Gasteiger partial charge in [0, 0.05) is 12.7 Å². The van der Waals surface area contributed by atoms with Gasteiger partial charge in [-0.25, -0.2) is 4.98 Å². The lowest BCUT2D eigenvalue weighted by Gasteiger charge is -2.10. The van der Waals surface area contributed by atoms with Crippen LogP contribution >= 0.6 is 0 Å². The van der Waals surface area contributed by atoms with E-state index in [1.165, 1.54) is 0 Å². The van der Waals surface area contributed by atoms with Gasteiger partial charge in [0.15, 0.2) is 0 Å². The van der Waals surface area contributed by atoms with Gasteiger partial charge in [-0.05, 0) is 49.7 Å². The van der Waals surface area contributed by atoms with Crippen LogP contribution in [-0.4, -0.2) is 9.55 Å². The highest BCUT2D eigenvalue weighted by Gasteiger charge is 2.06. The molecule has 4 nitrogen and oxygen atoms in total. The van der Waals surface area contributed by atoms with Crippen molar-refractivity contribution in [2.24, 2.45) is 7.05 Å². The number of hydrogen-bond acceptors (Lipinski definition) is 3. The Kier molecular flexibility index (Phi) is 2.86. The summed E-state index contributed by atoms with van der Waals surface area (Å²) in [5.41, 5.74) is 12.0. The number of rotatable bonds is 2. The molecule has 20 heavy (non-hydrogen) atoms. The summed E-state index contributed by atoms with van der Waals surface area (Å²) in [5, 5.41) is 3.35. The molecule has 0 saturated carbocycles. The first-order chi connectivity index (χ1) is 9.54. The SMILES string of the molecule is Cc1ccc(Nc2ccc3c(c2)nc(C)n3C)c(N)c1. The van der Waals surface area contributed by atoms with Crippen molar-refractivity contribution in [3.8, 4) is 0 Å². The van der Waals surface area contributed by atoms with Gasteiger partial charge < -0.3 is 15.6 Å². The minimum atomic E-state index is 0.752. The van der Waals surface area contributed by atoms with E-state index in [2.05, 4.69) is 20.9 Å². The standard InChI is InChI=1S/C16H18N4/c1-10-4-6-14(13(17)8-10)19-12-5-7-16-15(9-12)18-11(2)20(16)3/h4-9,19H,17H2,1-3H3. The molecule has 0 bridgehead atoms. The van der Waals surface area contributed by atoms with Crippen molar-refractivity contribution >= 4 is 28.1 Å². The number of hydrogen-bond donors (Lipinski definition) is 2. The molecule has 0 spiro atoms. The van der Waals surface area contributed by atoms with E-state index in [1.807, 2.05) is 51.2 Å². The van der Waals surface area contributed by atoms with Crippen LogP contribution in [0, 0.1) is 13.8 Å². The Balaban J connectivity index is 1.98. The van der Waals surface area contributed by atoms with Crippen LogP contribution in [0.2, 0.25) is 0 Å². The predicted octanol–water partition coefficient (Wildman–Crippen LogP) is 3.52. The molecule has 0 unspecified atom stereocenters. The molecule has 0 atom stereocenters. The van der Waals surface area contributed by atoms with Crippen LogP contribution < -0.4 is 11.1 Å². The summed E-state index contributed by atoms with van der Waals surface area (Å²) in [7, 11) is 2.02. The summed E-state index contributed by atoms with van der Waals surface area (Å²) in [6.45, 7) is 4.04. The van der Waals surface area contributed by atoms with Crippen molar-refractivity contribution in [2.45, 2.75) is 13.8 Å². The van der Waals surface area contributed by atoms with Gasteiger partial charge in [0.25, 0.3) is 0 Å². The molecule has 0 saturated heterocycles. The van der Waals surface area contributed by atoms with Crippen LogP contribution in [-0.2, 0) is 7.05 Å². The van der Waals surface area contributed by atoms with Gasteiger partial charge in [0.2, 0.25) is 0 Å². The van der Waals surface area contributed by atoms with E-state index in [0.717, 1.165) is 39.5 Å². The highest BCUT2D eigenvalue weighted by atomic mass is 15.1. The lowest BCUT2D eigenvalue weighted by Crippen LogP contribution is -1.96. The second-order valence-electron chi connectivity index (χ2n) is 5.14. The molecular weight excluding hydrogens is 248 g/mol. The van der Waals surface area contributed by atoms with E-state index in [9.17, 15) is 0 Å². The van der Waals surface area contributed by atoms with Crippen LogP contribution in [0.5, 0.6) is 0 Å². The van der Waals surface area contributed by atoms with Crippen molar-refractivity contribution in [3.63, 3.8) is 0 Å². The molecule has 2 aromatic carbocycles. The fourth-order valence-corrected chi connectivity index (χ4v) is 2.35. The molecule has 4 heteroatoms. The van der Waals surface area contributed by atoms with Crippen molar-refractivity contribution in [3.05, 3.63) is 47.8 Å². The van der Waals surface area contributed by atoms with Gasteiger partial charge in [0.1, 0.15) is 5.82 Å². The number of nitrogens with one attached hydrogen (secondary N) is 1. The summed E-state index contributed by atoms with van der Waals surface area (Å²) in [4.78, 5) is 4.54. The number of fused-ring (bicyclic) bond motifs is 1. The van der Waals surface area contributed by atoms with Crippen LogP contribution in [0.3, 0.4) is 0 Å². The smallest absolute Gasteiger partial charge is 0.106 e. The van der Waals surface area contributed by atoms with E-state index in [1.54, 1.807) is 0 Å². The van der Waals surface area contributed by atoms with E-state index in [-0.39, 0.29) is 0 Å². The summed E-state index contributed by atoms with van der Waals surface area (Å²) in [5.74, 6) is 1.01. The molecule has 0 aliphatic rings. The van der Waals surface area contributed by atoms with Crippen molar-refractivity contribution in [1.82, 2.24) is 9.55 Å². The fourth-order valence-electron chi connectivity index (χ4n) is 2.35. The number of anilines is 3. The Morgan fingerprint density at radius 3 is 2.65 bits per heavy atom. The maximum Gasteiger partial charge on any atom is 0.106 e. The number of aromatic nitrogens is 2. The zero-order valence-electron chi connectivity index (χ0n) is 11.9. The molecule has 3 aromatic rings. The first-order valence-corrected chi connectivity index (χ1v) is 6.61. The Hall–Kier alpha value is -2.49. The summed E-state index contributed by atoms with van der Waals surface area (Å²) in [6, 6.07) is 12.2. The quantitative estimate of drug-likeness (QED) is 0.698. The minimum Gasteiger partial charge on any atom is -0.397 e. The van der Waals surface area contributed by atoms with Crippen LogP contribution in [0.15, 0.2) is 36.4 Å². The molecule has 0 fully saturated rings. The Bertz CT molecular complexity index is 787. The first-order valence-electron chi connectivity index (χ1n) is 6.61. The topological polar surface area (TPSA) is 55.9 Å². The maximum absolute atomic E-state index is 6.03. The number of nitrogen functional groups attached to an aromatic ring is 1. The molecule has 0 aliphatic heterocycles. The predicted molar refractivity (Wildman–Crippen MR) is 84.3 cm³/mol. The molecule has 0 aliphatic carbocycles. The van der Waals surface area contributed by atoms with Crippen molar-refractivity contribution < 1.29 is 0 Å². The van der Waals surface area contributed by atoms with E-state index in [0.29, 0.717) is 0 Å². The Morgan fingerprint density at radius 2 is 1.90 bits per heavy atom. The van der Waals surface area contributed by atoms with Crippen molar-refractivity contribution in [1.29, 1.82) is 0 Å². The average molecular weight is 266 g/mol. The highest BCUT2D eigenvalue weighted by molar-refractivity contribution is 5.83. The summed E-state index contributed by atoms with van der Waals surface area (Å²) < 4.78 is 2.08. The van der Waals surface area contributed by atoms with Gasteiger partial charge >= 0.3 is 0 Å². The first kappa shape index (κ1) is 12.5. The molecule has 102 valence electrons. The highest BCUT2D eigenvalue weighted by Crippen LogP contribution is 2.26. The van der Waals surface area contributed by atoms with Gasteiger partial charge in [-0.3, -0.25) is 0 Å². The number of benzene rings is 2. The zero-order valence-corrected chi connectivity index (χ0v) is 11.9. The molecule has 1 aromatic heterocycles. The molecule has 0 amide bonds. The lowest BCUT2D eigenvalue weighted by atomic mass is 10.2. The van der Waals surface area contributed by atoms with Crippen LogP contribution in [0.25, 0.3) is 11.0 Å². The van der Waals surface area contributed by atoms with Gasteiger partial charge in [-0.2, -0.15) is 0 Å². The maximum atomic E-state index is 6.03. The third kappa shape index (κ3) is 2.09. The van der Waals surface area contributed by atoms with E-state index in [4.69, 9.17) is 5.73 Å². The van der Waals surface area contributed by atoms with Crippen LogP contribution in [0.4, 0.5) is 17.1 Å². The molecule has 3 N–H and O–H groups in total. The van der Waals surface area contributed by atoms with Gasteiger partial charge in [-0.1, -0.05) is 6.07 Å². The minimum absolute atomic E-state index is 0.752. The molecule has 3 rings (SSSR count). The third-order valence-electron chi connectivity index (χ3n) is 3.59. The van der Waals surface area contributed by atoms with Gasteiger partial charge in [0.05, 0.1) is 22.4 Å². The largest absolute Gasteiger partial charge is 0.397 e. The Morgan fingerprint density at radius 1 is 1.10 bits per heavy atom. The van der Waals surface area contributed by atoms with Gasteiger partial charge in [-0.15, -0.1) is 0 Å². The molecule has 0 radical (unpaired) electrons. The fraction of sp³-hybridized carbons (Fsp3) is 0.188. The van der Waals surface area contributed by atoms with Crippen molar-refractivity contribution in [2.75, 3.05) is 11.1 Å². The van der Waals surface area contributed by atoms with Crippen LogP contribution in [0.1, 0.15) is 11.4 Å². The Labute approximate surface area is 118 Å². The third-order valence-corrected chi connectivity index (χ3v) is 3.59. The average Bonchev–Trinajstić information content (AvgIpc) is 2.68. The second-order valence-corrected chi connectivity index (χ2v) is 5.14. The molecular formula is C16H18N4. The lowest BCUT2D eigenvalue weighted by molar-refractivity contribution is 0.886. The number of aryl methyl sites for hydroxylation is 3. The van der Waals surface area contributed by atoms with E-state index < -0.39 is 0 Å². The normalized spacial score (nSPS) is 10.9. The molecule has 1 heterocycles.